The minimum Gasteiger partial charge on any atom is -0.444 e. The van der Waals surface area contributed by atoms with E-state index in [1.54, 1.807) is 11.8 Å². The van der Waals surface area contributed by atoms with Crippen LogP contribution in [0.1, 0.15) is 54.4 Å². The number of alkyl carbamates (subject to hydrolysis) is 1. The third kappa shape index (κ3) is 5.13. The number of carbonyl (C=O) groups excluding carboxylic acids is 1. The predicted octanol–water partition coefficient (Wildman–Crippen LogP) is 6.22. The van der Waals surface area contributed by atoms with E-state index in [0.29, 0.717) is 5.92 Å². The topological polar surface area (TPSA) is 38.3 Å². The molecule has 0 spiro atoms. The molecular weight excluding hydrogens is 362 g/mol. The van der Waals surface area contributed by atoms with Gasteiger partial charge in [0.15, 0.2) is 0 Å². The summed E-state index contributed by atoms with van der Waals surface area (Å²) in [6.07, 6.45) is 3.89. The Morgan fingerprint density at radius 2 is 1.77 bits per heavy atom. The first-order chi connectivity index (χ1) is 12.0. The fraction of sp³-hybridized carbons (Fsp3) is 0.667. The van der Waals surface area contributed by atoms with Crippen molar-refractivity contribution in [1.82, 2.24) is 5.32 Å². The van der Waals surface area contributed by atoms with Crippen molar-refractivity contribution in [3.8, 4) is 0 Å². The molecule has 5 heteroatoms. The second-order valence-electron chi connectivity index (χ2n) is 8.90. The van der Waals surface area contributed by atoms with E-state index in [1.807, 2.05) is 32.5 Å². The lowest BCUT2D eigenvalue weighted by Crippen LogP contribution is -2.55. The van der Waals surface area contributed by atoms with Crippen molar-refractivity contribution in [3.05, 3.63) is 24.3 Å². The Kier molecular flexibility index (Phi) is 6.66. The number of amides is 1. The molecular formula is C21H33NO2S2. The number of thioether (sulfide) groups is 2. The van der Waals surface area contributed by atoms with E-state index in [0.717, 1.165) is 18.6 Å². The van der Waals surface area contributed by atoms with E-state index in [9.17, 15) is 4.79 Å². The van der Waals surface area contributed by atoms with Gasteiger partial charge in [-0.15, -0.1) is 23.5 Å². The summed E-state index contributed by atoms with van der Waals surface area (Å²) in [6.45, 7) is 12.4. The lowest BCUT2D eigenvalue weighted by molar-refractivity contribution is 0.0360. The number of rotatable bonds is 5. The molecule has 1 aliphatic rings. The summed E-state index contributed by atoms with van der Waals surface area (Å²) in [4.78, 5) is 14.9. The zero-order valence-corrected chi connectivity index (χ0v) is 18.8. The Bertz CT molecular complexity index is 622. The molecule has 2 atom stereocenters. The Morgan fingerprint density at radius 3 is 2.31 bits per heavy atom. The molecule has 1 fully saturated rings. The van der Waals surface area contributed by atoms with E-state index in [-0.39, 0.29) is 17.0 Å². The van der Waals surface area contributed by atoms with Crippen LogP contribution in [0.15, 0.2) is 34.1 Å². The van der Waals surface area contributed by atoms with Gasteiger partial charge in [-0.2, -0.15) is 0 Å². The van der Waals surface area contributed by atoms with Gasteiger partial charge >= 0.3 is 6.09 Å². The van der Waals surface area contributed by atoms with Crippen LogP contribution in [0.2, 0.25) is 0 Å². The van der Waals surface area contributed by atoms with Gasteiger partial charge in [-0.3, -0.25) is 0 Å². The normalized spacial score (nSPS) is 25.1. The summed E-state index contributed by atoms with van der Waals surface area (Å²) in [5.41, 5.74) is -0.708. The van der Waals surface area contributed by atoms with E-state index in [4.69, 9.17) is 4.74 Å². The number of hydrogen-bond donors (Lipinski definition) is 1. The molecule has 26 heavy (non-hydrogen) atoms. The van der Waals surface area contributed by atoms with Crippen LogP contribution in [0.5, 0.6) is 0 Å². The number of benzene rings is 1. The Morgan fingerprint density at radius 1 is 1.19 bits per heavy atom. The van der Waals surface area contributed by atoms with Gasteiger partial charge in [-0.05, 0) is 82.4 Å². The second-order valence-corrected chi connectivity index (χ2v) is 10.9. The van der Waals surface area contributed by atoms with Gasteiger partial charge in [0.2, 0.25) is 0 Å². The van der Waals surface area contributed by atoms with Crippen LogP contribution < -0.4 is 5.32 Å². The second kappa shape index (κ2) is 8.05. The number of hydrogen-bond acceptors (Lipinski definition) is 4. The van der Waals surface area contributed by atoms with Gasteiger partial charge in [0, 0.05) is 21.1 Å². The molecule has 0 radical (unpaired) electrons. The first-order valence-corrected chi connectivity index (χ1v) is 11.5. The minimum atomic E-state index is -0.471. The van der Waals surface area contributed by atoms with Crippen LogP contribution in [0.3, 0.4) is 0 Å². The number of carbonyl (C=O) groups is 1. The quantitative estimate of drug-likeness (QED) is 0.601. The fourth-order valence-electron chi connectivity index (χ4n) is 3.51. The summed E-state index contributed by atoms with van der Waals surface area (Å²) in [6, 6.07) is 8.77. The molecule has 1 N–H and O–H groups in total. The molecule has 0 heterocycles. The van der Waals surface area contributed by atoms with Crippen LogP contribution in [0, 0.1) is 11.3 Å². The van der Waals surface area contributed by atoms with E-state index in [2.05, 4.69) is 56.6 Å². The highest BCUT2D eigenvalue weighted by Crippen LogP contribution is 2.51. The summed E-state index contributed by atoms with van der Waals surface area (Å²) in [5, 5.41) is 3.17. The maximum Gasteiger partial charge on any atom is 0.408 e. The van der Waals surface area contributed by atoms with Crippen LogP contribution in [0.4, 0.5) is 4.79 Å². The van der Waals surface area contributed by atoms with Gasteiger partial charge < -0.3 is 10.1 Å². The number of nitrogens with one attached hydrogen (secondary N) is 1. The molecule has 1 amide bonds. The predicted molar refractivity (Wildman–Crippen MR) is 113 cm³/mol. The van der Waals surface area contributed by atoms with Crippen molar-refractivity contribution in [2.75, 3.05) is 12.0 Å². The maximum atomic E-state index is 12.3. The summed E-state index contributed by atoms with van der Waals surface area (Å²) in [5.74, 6) is 1.62. The lowest BCUT2D eigenvalue weighted by Gasteiger charge is -2.42. The Balaban J connectivity index is 1.98. The first-order valence-electron chi connectivity index (χ1n) is 9.25. The van der Waals surface area contributed by atoms with Gasteiger partial charge in [-0.1, -0.05) is 13.8 Å². The average Bonchev–Trinajstić information content (AvgIpc) is 2.74. The molecule has 0 aromatic heterocycles. The molecule has 2 rings (SSSR count). The first kappa shape index (κ1) is 21.5. The Hall–Kier alpha value is -0.810. The monoisotopic (exact) mass is 395 g/mol. The standard InChI is InChI=1S/C21H33NO2S2/c1-19(2,3)24-18(23)22-21(6)13-12-15(20(21,4)5)14-26-17-10-8-16(25-7)9-11-17/h8-11,15H,12-14H2,1-7H3,(H,22,23). The maximum absolute atomic E-state index is 12.3. The van der Waals surface area contributed by atoms with Crippen molar-refractivity contribution in [3.63, 3.8) is 0 Å². The zero-order valence-electron chi connectivity index (χ0n) is 17.1. The molecule has 2 unspecified atom stereocenters. The molecule has 1 saturated carbocycles. The molecule has 0 aliphatic heterocycles. The molecule has 3 nitrogen and oxygen atoms in total. The lowest BCUT2D eigenvalue weighted by atomic mass is 9.72. The average molecular weight is 396 g/mol. The van der Waals surface area contributed by atoms with Gasteiger partial charge in [0.1, 0.15) is 5.60 Å². The SMILES string of the molecule is CSc1ccc(SCC2CCC(C)(NC(=O)OC(C)(C)C)C2(C)C)cc1. The Labute approximate surface area is 167 Å². The van der Waals surface area contributed by atoms with Gasteiger partial charge in [-0.25, -0.2) is 4.79 Å². The van der Waals surface area contributed by atoms with Gasteiger partial charge in [0.25, 0.3) is 0 Å². The number of ether oxygens (including phenoxy) is 1. The van der Waals surface area contributed by atoms with Crippen molar-refractivity contribution in [1.29, 1.82) is 0 Å². The van der Waals surface area contributed by atoms with Crippen LogP contribution in [0.25, 0.3) is 0 Å². The molecule has 1 aromatic carbocycles. The highest BCUT2D eigenvalue weighted by molar-refractivity contribution is 7.99. The van der Waals surface area contributed by atoms with Gasteiger partial charge in [0.05, 0.1) is 0 Å². The third-order valence-electron chi connectivity index (χ3n) is 5.72. The van der Waals surface area contributed by atoms with E-state index >= 15 is 0 Å². The zero-order chi connectivity index (χ0) is 19.6. The van der Waals surface area contributed by atoms with Crippen LogP contribution >= 0.6 is 23.5 Å². The largest absolute Gasteiger partial charge is 0.444 e. The van der Waals surface area contributed by atoms with Crippen molar-refractivity contribution < 1.29 is 9.53 Å². The van der Waals surface area contributed by atoms with Crippen molar-refractivity contribution >= 4 is 29.6 Å². The fourth-order valence-corrected chi connectivity index (χ4v) is 5.22. The van der Waals surface area contributed by atoms with Crippen molar-refractivity contribution in [2.45, 2.75) is 75.3 Å². The van der Waals surface area contributed by atoms with Crippen molar-refractivity contribution in [2.24, 2.45) is 11.3 Å². The summed E-state index contributed by atoms with van der Waals surface area (Å²) < 4.78 is 5.49. The van der Waals surface area contributed by atoms with Crippen LogP contribution in [-0.4, -0.2) is 29.2 Å². The highest BCUT2D eigenvalue weighted by Gasteiger charge is 2.52. The smallest absolute Gasteiger partial charge is 0.408 e. The molecule has 0 saturated heterocycles. The minimum absolute atomic E-state index is 0.0100. The molecule has 146 valence electrons. The summed E-state index contributed by atoms with van der Waals surface area (Å²) >= 11 is 3.68. The van der Waals surface area contributed by atoms with E-state index in [1.165, 1.54) is 9.79 Å². The molecule has 1 aliphatic carbocycles. The summed E-state index contributed by atoms with van der Waals surface area (Å²) in [7, 11) is 0. The van der Waals surface area contributed by atoms with Crippen LogP contribution in [-0.2, 0) is 4.74 Å². The van der Waals surface area contributed by atoms with E-state index < -0.39 is 5.60 Å². The highest BCUT2D eigenvalue weighted by atomic mass is 32.2. The third-order valence-corrected chi connectivity index (χ3v) is 7.64. The molecule has 0 bridgehead atoms. The molecule has 1 aromatic rings.